The van der Waals surface area contributed by atoms with E-state index >= 15 is 0 Å². The number of nitrogens with zero attached hydrogens (tertiary/aromatic N) is 3. The van der Waals surface area contributed by atoms with Gasteiger partial charge in [-0.05, 0) is 62.2 Å². The van der Waals surface area contributed by atoms with Crippen molar-refractivity contribution >= 4 is 45.9 Å². The Morgan fingerprint density at radius 3 is 2.63 bits per heavy atom. The fourth-order valence-electron chi connectivity index (χ4n) is 3.56. The first-order chi connectivity index (χ1) is 14.3. The van der Waals surface area contributed by atoms with E-state index in [0.717, 1.165) is 27.7 Å². The van der Waals surface area contributed by atoms with Crippen LogP contribution in [0, 0.1) is 20.8 Å². The molecule has 0 saturated heterocycles. The zero-order valence-electron chi connectivity index (χ0n) is 16.8. The Balaban J connectivity index is 1.60. The predicted molar refractivity (Wildman–Crippen MR) is 117 cm³/mol. The molecule has 0 radical (unpaired) electrons. The topological polar surface area (TPSA) is 96.6 Å². The van der Waals surface area contributed by atoms with E-state index in [2.05, 4.69) is 48.4 Å². The highest BCUT2D eigenvalue weighted by atomic mass is 32.2. The molecule has 7 nitrogen and oxygen atoms in total. The maximum Gasteiger partial charge on any atom is 0.335 e. The average molecular weight is 420 g/mol. The second kappa shape index (κ2) is 7.79. The molecule has 2 aromatic carbocycles. The van der Waals surface area contributed by atoms with Gasteiger partial charge in [-0.2, -0.15) is 0 Å². The number of pyridine rings is 1. The summed E-state index contributed by atoms with van der Waals surface area (Å²) in [5.41, 5.74) is 5.78. The molecule has 0 bridgehead atoms. The number of benzene rings is 2. The molecule has 0 unspecified atom stereocenters. The van der Waals surface area contributed by atoms with Gasteiger partial charge in [0.05, 0.1) is 16.8 Å². The van der Waals surface area contributed by atoms with E-state index in [-0.39, 0.29) is 17.2 Å². The van der Waals surface area contributed by atoms with Gasteiger partial charge < -0.3 is 10.4 Å². The highest BCUT2D eigenvalue weighted by Gasteiger charge is 2.15. The molecule has 4 rings (SSSR count). The third-order valence-corrected chi connectivity index (χ3v) is 5.75. The Hall–Kier alpha value is -3.39. The summed E-state index contributed by atoms with van der Waals surface area (Å²) >= 11 is 1.29. The van der Waals surface area contributed by atoms with Crippen molar-refractivity contribution in [1.82, 2.24) is 14.6 Å². The number of amides is 1. The normalized spacial score (nSPS) is 11.2. The van der Waals surface area contributed by atoms with Crippen LogP contribution >= 0.6 is 11.8 Å². The lowest BCUT2D eigenvalue weighted by atomic mass is 10.0. The van der Waals surface area contributed by atoms with Gasteiger partial charge in [-0.15, -0.1) is 10.2 Å². The second-order valence-electron chi connectivity index (χ2n) is 7.20. The average Bonchev–Trinajstić information content (AvgIpc) is 3.09. The van der Waals surface area contributed by atoms with Gasteiger partial charge in [-0.1, -0.05) is 29.5 Å². The Bertz CT molecular complexity index is 1310. The van der Waals surface area contributed by atoms with E-state index in [1.54, 1.807) is 12.1 Å². The van der Waals surface area contributed by atoms with E-state index in [1.807, 2.05) is 10.5 Å². The number of fused-ring (bicyclic) bond motifs is 3. The molecule has 0 aliphatic carbocycles. The van der Waals surface area contributed by atoms with E-state index in [0.29, 0.717) is 10.8 Å². The van der Waals surface area contributed by atoms with Crippen LogP contribution in [-0.4, -0.2) is 37.3 Å². The summed E-state index contributed by atoms with van der Waals surface area (Å²) in [4.78, 5) is 23.5. The summed E-state index contributed by atoms with van der Waals surface area (Å²) < 4.78 is 1.99. The summed E-state index contributed by atoms with van der Waals surface area (Å²) in [7, 11) is 0. The number of nitrogens with one attached hydrogen (secondary N) is 1. The van der Waals surface area contributed by atoms with Gasteiger partial charge in [0.1, 0.15) is 0 Å². The molecule has 2 heterocycles. The summed E-state index contributed by atoms with van der Waals surface area (Å²) in [6, 6.07) is 12.4. The number of thioether (sulfide) groups is 1. The van der Waals surface area contributed by atoms with Crippen molar-refractivity contribution in [2.24, 2.45) is 0 Å². The number of carboxylic acid groups (broad SMARTS) is 1. The first-order valence-corrected chi connectivity index (χ1v) is 10.3. The number of hydrogen-bond acceptors (Lipinski definition) is 5. The Morgan fingerprint density at radius 2 is 1.87 bits per heavy atom. The number of aromatic nitrogens is 3. The molecule has 2 N–H and O–H groups in total. The van der Waals surface area contributed by atoms with Gasteiger partial charge in [0.25, 0.3) is 0 Å². The molecule has 0 atom stereocenters. The quantitative estimate of drug-likeness (QED) is 0.469. The van der Waals surface area contributed by atoms with Gasteiger partial charge in [-0.25, -0.2) is 4.79 Å². The Kier molecular flexibility index (Phi) is 5.17. The van der Waals surface area contributed by atoms with E-state index in [1.165, 1.54) is 29.5 Å². The molecule has 152 valence electrons. The smallest absolute Gasteiger partial charge is 0.335 e. The number of carbonyl (C=O) groups excluding carboxylic acids is 1. The maximum absolute atomic E-state index is 12.4. The number of aromatic carboxylic acids is 1. The van der Waals surface area contributed by atoms with E-state index in [4.69, 9.17) is 5.11 Å². The second-order valence-corrected chi connectivity index (χ2v) is 8.15. The van der Waals surface area contributed by atoms with Crippen LogP contribution in [0.4, 0.5) is 5.69 Å². The molecule has 0 spiro atoms. The lowest BCUT2D eigenvalue weighted by molar-refractivity contribution is -0.113. The molecule has 0 aliphatic heterocycles. The van der Waals surface area contributed by atoms with Crippen molar-refractivity contribution in [2.75, 3.05) is 11.1 Å². The van der Waals surface area contributed by atoms with Crippen LogP contribution in [0.5, 0.6) is 0 Å². The number of hydrogen-bond donors (Lipinski definition) is 2. The van der Waals surface area contributed by atoms with Crippen molar-refractivity contribution in [2.45, 2.75) is 25.9 Å². The molecular formula is C22H20N4O3S. The zero-order valence-corrected chi connectivity index (χ0v) is 17.6. The minimum atomic E-state index is -1.04. The van der Waals surface area contributed by atoms with Gasteiger partial charge in [-0.3, -0.25) is 9.20 Å². The van der Waals surface area contributed by atoms with Crippen molar-refractivity contribution in [3.05, 3.63) is 64.7 Å². The minimum absolute atomic E-state index is 0.122. The molecule has 8 heteroatoms. The van der Waals surface area contributed by atoms with E-state index in [9.17, 15) is 9.59 Å². The van der Waals surface area contributed by atoms with Crippen LogP contribution in [0.3, 0.4) is 0 Å². The van der Waals surface area contributed by atoms with Gasteiger partial charge >= 0.3 is 5.97 Å². The highest BCUT2D eigenvalue weighted by Crippen LogP contribution is 2.29. The number of rotatable bonds is 5. The molecular weight excluding hydrogens is 400 g/mol. The predicted octanol–water partition coefficient (Wildman–Crippen LogP) is 4.24. The summed E-state index contributed by atoms with van der Waals surface area (Å²) in [5.74, 6) is -1.16. The van der Waals surface area contributed by atoms with Crippen molar-refractivity contribution in [3.8, 4) is 0 Å². The lowest BCUT2D eigenvalue weighted by Crippen LogP contribution is -2.14. The fourth-order valence-corrected chi connectivity index (χ4v) is 4.31. The number of aryl methyl sites for hydroxylation is 3. The summed E-state index contributed by atoms with van der Waals surface area (Å²) in [6.07, 6.45) is 0. The summed E-state index contributed by atoms with van der Waals surface area (Å²) in [6.45, 7) is 6.19. The minimum Gasteiger partial charge on any atom is -0.478 e. The Labute approximate surface area is 177 Å². The number of carbonyl (C=O) groups is 2. The molecule has 4 aromatic rings. The highest BCUT2D eigenvalue weighted by molar-refractivity contribution is 7.99. The van der Waals surface area contributed by atoms with Crippen LogP contribution in [0.2, 0.25) is 0 Å². The third-order valence-electron chi connectivity index (χ3n) is 4.82. The molecule has 0 fully saturated rings. The van der Waals surface area contributed by atoms with Crippen LogP contribution in [0.15, 0.2) is 47.6 Å². The third kappa shape index (κ3) is 3.73. The standard InChI is InChI=1S/C22H20N4O3S/c1-12-7-14(3)20-17(8-12)13(2)9-18-24-25-22(26(18)20)30-11-19(27)23-16-6-4-5-15(10-16)21(28)29/h4-10H,11H2,1-3H3,(H,23,27)(H,28,29). The molecule has 2 aromatic heterocycles. The van der Waals surface area contributed by atoms with Crippen molar-refractivity contribution in [1.29, 1.82) is 0 Å². The zero-order chi connectivity index (χ0) is 21.4. The van der Waals surface area contributed by atoms with Crippen LogP contribution in [0.25, 0.3) is 16.6 Å². The molecule has 0 aliphatic rings. The van der Waals surface area contributed by atoms with Crippen molar-refractivity contribution in [3.63, 3.8) is 0 Å². The maximum atomic E-state index is 12.4. The Morgan fingerprint density at radius 1 is 1.07 bits per heavy atom. The lowest BCUT2D eigenvalue weighted by Gasteiger charge is -2.11. The number of carboxylic acids is 1. The van der Waals surface area contributed by atoms with Crippen LogP contribution in [-0.2, 0) is 4.79 Å². The monoisotopic (exact) mass is 420 g/mol. The molecule has 30 heavy (non-hydrogen) atoms. The first-order valence-electron chi connectivity index (χ1n) is 9.35. The van der Waals surface area contributed by atoms with E-state index < -0.39 is 5.97 Å². The van der Waals surface area contributed by atoms with Crippen LogP contribution in [0.1, 0.15) is 27.0 Å². The largest absolute Gasteiger partial charge is 0.478 e. The summed E-state index contributed by atoms with van der Waals surface area (Å²) in [5, 5.41) is 22.2. The number of anilines is 1. The van der Waals surface area contributed by atoms with Gasteiger partial charge in [0, 0.05) is 11.1 Å². The van der Waals surface area contributed by atoms with Crippen molar-refractivity contribution < 1.29 is 14.7 Å². The first kappa shape index (κ1) is 19.9. The van der Waals surface area contributed by atoms with Crippen LogP contribution < -0.4 is 5.32 Å². The molecule has 1 amide bonds. The molecule has 0 saturated carbocycles. The fraction of sp³-hybridized carbons (Fsp3) is 0.182. The SMILES string of the molecule is Cc1cc(C)c2c(c1)c(C)cc1nnc(SCC(=O)Nc3cccc(C(=O)O)c3)n12. The van der Waals surface area contributed by atoms with Gasteiger partial charge in [0.15, 0.2) is 10.8 Å². The van der Waals surface area contributed by atoms with Gasteiger partial charge in [0.2, 0.25) is 5.91 Å².